The molecule has 1 aromatic heterocycles. The van der Waals surface area contributed by atoms with Crippen LogP contribution in [0.2, 0.25) is 0 Å². The summed E-state index contributed by atoms with van der Waals surface area (Å²) < 4.78 is 5.90. The minimum Gasteiger partial charge on any atom is -0.488 e. The summed E-state index contributed by atoms with van der Waals surface area (Å²) in [5.41, 5.74) is 2.91. The molecule has 0 saturated heterocycles. The van der Waals surface area contributed by atoms with Crippen LogP contribution in [0, 0.1) is 0 Å². The first-order valence-electron chi connectivity index (χ1n) is 6.70. The number of aliphatic hydroxyl groups is 1. The van der Waals surface area contributed by atoms with Crippen molar-refractivity contribution in [1.82, 2.24) is 4.98 Å². The molecule has 0 spiro atoms. The molecule has 3 heteroatoms. The fourth-order valence-electron chi connectivity index (χ4n) is 2.24. The second-order valence-corrected chi connectivity index (χ2v) is 4.89. The summed E-state index contributed by atoms with van der Waals surface area (Å²) in [7, 11) is 0. The minimum atomic E-state index is -0.510. The van der Waals surface area contributed by atoms with Gasteiger partial charge in [0.05, 0.1) is 6.10 Å². The van der Waals surface area contributed by atoms with E-state index in [9.17, 15) is 5.11 Å². The molecule has 3 rings (SSSR count). The summed E-state index contributed by atoms with van der Waals surface area (Å²) in [6.45, 7) is 2.28. The van der Waals surface area contributed by atoms with Gasteiger partial charge in [0.2, 0.25) is 0 Å². The molecule has 1 heterocycles. The van der Waals surface area contributed by atoms with Gasteiger partial charge in [0.25, 0.3) is 0 Å². The molecule has 20 heavy (non-hydrogen) atoms. The Bertz CT molecular complexity index is 701. The number of hydrogen-bond donors (Lipinski definition) is 2. The summed E-state index contributed by atoms with van der Waals surface area (Å²) >= 11 is 0. The molecule has 0 aliphatic carbocycles. The number of H-pyrrole nitrogens is 1. The van der Waals surface area contributed by atoms with Crippen molar-refractivity contribution in [2.24, 2.45) is 0 Å². The predicted molar refractivity (Wildman–Crippen MR) is 79.7 cm³/mol. The number of aromatic amines is 1. The Morgan fingerprint density at radius 1 is 1.10 bits per heavy atom. The van der Waals surface area contributed by atoms with E-state index in [4.69, 9.17) is 4.74 Å². The van der Waals surface area contributed by atoms with Crippen LogP contribution < -0.4 is 4.74 Å². The molecule has 0 fully saturated rings. The number of aliphatic hydroxyl groups excluding tert-OH is 1. The number of nitrogens with one attached hydrogen (secondary N) is 1. The van der Waals surface area contributed by atoms with Crippen molar-refractivity contribution in [3.8, 4) is 5.75 Å². The van der Waals surface area contributed by atoms with E-state index in [2.05, 4.69) is 4.98 Å². The first-order chi connectivity index (χ1) is 9.74. The molecule has 3 aromatic rings. The van der Waals surface area contributed by atoms with Crippen LogP contribution in [0.4, 0.5) is 0 Å². The maximum absolute atomic E-state index is 9.65. The van der Waals surface area contributed by atoms with Gasteiger partial charge < -0.3 is 14.8 Å². The summed E-state index contributed by atoms with van der Waals surface area (Å²) in [4.78, 5) is 3.20. The lowest BCUT2D eigenvalue weighted by molar-refractivity contribution is 0.195. The second kappa shape index (κ2) is 5.39. The maximum Gasteiger partial charge on any atom is 0.129 e. The molecule has 0 aliphatic rings. The average molecular weight is 267 g/mol. The van der Waals surface area contributed by atoms with E-state index >= 15 is 0 Å². The molecule has 2 aromatic carbocycles. The van der Waals surface area contributed by atoms with E-state index < -0.39 is 6.10 Å². The summed E-state index contributed by atoms with van der Waals surface area (Å²) in [6.07, 6.45) is -0.510. The molecule has 0 amide bonds. The van der Waals surface area contributed by atoms with Gasteiger partial charge in [0, 0.05) is 16.6 Å². The zero-order valence-electron chi connectivity index (χ0n) is 11.3. The van der Waals surface area contributed by atoms with Crippen LogP contribution in [0.15, 0.2) is 54.6 Å². The first-order valence-corrected chi connectivity index (χ1v) is 6.70. The van der Waals surface area contributed by atoms with Crippen LogP contribution in [-0.4, -0.2) is 10.1 Å². The zero-order valence-corrected chi connectivity index (χ0v) is 11.3. The highest BCUT2D eigenvalue weighted by Gasteiger charge is 2.09. The molecule has 0 aliphatic heterocycles. The largest absolute Gasteiger partial charge is 0.488 e. The van der Waals surface area contributed by atoms with Gasteiger partial charge in [-0.1, -0.05) is 36.4 Å². The Labute approximate surface area is 117 Å². The minimum absolute atomic E-state index is 0.510. The van der Waals surface area contributed by atoms with Crippen molar-refractivity contribution in [3.63, 3.8) is 0 Å². The third-order valence-corrected chi connectivity index (χ3v) is 3.33. The van der Waals surface area contributed by atoms with Gasteiger partial charge in [-0.3, -0.25) is 0 Å². The molecule has 0 bridgehead atoms. The number of aromatic nitrogens is 1. The van der Waals surface area contributed by atoms with E-state index in [0.29, 0.717) is 6.61 Å². The second-order valence-electron chi connectivity index (χ2n) is 4.89. The highest BCUT2D eigenvalue weighted by molar-refractivity contribution is 5.86. The Hall–Kier alpha value is -2.26. The van der Waals surface area contributed by atoms with Crippen LogP contribution >= 0.6 is 0 Å². The number of fused-ring (bicyclic) bond motifs is 1. The molecule has 102 valence electrons. The molecule has 2 N–H and O–H groups in total. The van der Waals surface area contributed by atoms with Gasteiger partial charge in [-0.05, 0) is 30.7 Å². The monoisotopic (exact) mass is 267 g/mol. The van der Waals surface area contributed by atoms with Crippen LogP contribution in [0.25, 0.3) is 10.9 Å². The van der Waals surface area contributed by atoms with Crippen molar-refractivity contribution >= 4 is 10.9 Å². The van der Waals surface area contributed by atoms with Crippen molar-refractivity contribution in [2.75, 3.05) is 0 Å². The topological polar surface area (TPSA) is 45.2 Å². The van der Waals surface area contributed by atoms with Gasteiger partial charge in [-0.2, -0.15) is 0 Å². The quantitative estimate of drug-likeness (QED) is 0.755. The van der Waals surface area contributed by atoms with E-state index in [1.807, 2.05) is 54.6 Å². The Morgan fingerprint density at radius 3 is 2.65 bits per heavy atom. The molecular weight excluding hydrogens is 250 g/mol. The SMILES string of the molecule is CC(O)c1cc2c(OCc3ccccc3)cccc2[nH]1. The lowest BCUT2D eigenvalue weighted by atomic mass is 10.2. The van der Waals surface area contributed by atoms with Gasteiger partial charge in [0.1, 0.15) is 12.4 Å². The molecule has 1 unspecified atom stereocenters. The van der Waals surface area contributed by atoms with Gasteiger partial charge in [0.15, 0.2) is 0 Å². The number of hydrogen-bond acceptors (Lipinski definition) is 2. The first kappa shape index (κ1) is 12.8. The highest BCUT2D eigenvalue weighted by atomic mass is 16.5. The van der Waals surface area contributed by atoms with E-state index in [1.165, 1.54) is 0 Å². The number of benzene rings is 2. The summed E-state index contributed by atoms with van der Waals surface area (Å²) in [5, 5.41) is 10.7. The number of ether oxygens (including phenoxy) is 1. The highest BCUT2D eigenvalue weighted by Crippen LogP contribution is 2.28. The van der Waals surface area contributed by atoms with Crippen molar-refractivity contribution < 1.29 is 9.84 Å². The van der Waals surface area contributed by atoms with E-state index in [1.54, 1.807) is 6.92 Å². The van der Waals surface area contributed by atoms with Gasteiger partial charge in [-0.15, -0.1) is 0 Å². The van der Waals surface area contributed by atoms with E-state index in [0.717, 1.165) is 27.9 Å². The molecule has 0 saturated carbocycles. The molecule has 0 radical (unpaired) electrons. The number of rotatable bonds is 4. The van der Waals surface area contributed by atoms with Crippen molar-refractivity contribution in [3.05, 3.63) is 65.9 Å². The normalized spacial score (nSPS) is 12.5. The third kappa shape index (κ3) is 2.53. The fourth-order valence-corrected chi connectivity index (χ4v) is 2.24. The summed E-state index contributed by atoms with van der Waals surface area (Å²) in [6, 6.07) is 17.9. The van der Waals surface area contributed by atoms with Crippen LogP contribution in [0.1, 0.15) is 24.3 Å². The Morgan fingerprint density at radius 2 is 1.90 bits per heavy atom. The third-order valence-electron chi connectivity index (χ3n) is 3.33. The van der Waals surface area contributed by atoms with Gasteiger partial charge >= 0.3 is 0 Å². The van der Waals surface area contributed by atoms with Gasteiger partial charge in [-0.25, -0.2) is 0 Å². The van der Waals surface area contributed by atoms with Crippen molar-refractivity contribution in [1.29, 1.82) is 0 Å². The molecule has 3 nitrogen and oxygen atoms in total. The molecule has 1 atom stereocenters. The Kier molecular flexibility index (Phi) is 3.44. The fraction of sp³-hybridized carbons (Fsp3) is 0.176. The lowest BCUT2D eigenvalue weighted by Crippen LogP contribution is -1.95. The smallest absolute Gasteiger partial charge is 0.129 e. The average Bonchev–Trinajstić information content (AvgIpc) is 2.91. The van der Waals surface area contributed by atoms with Crippen molar-refractivity contribution in [2.45, 2.75) is 19.6 Å². The van der Waals surface area contributed by atoms with Crippen LogP contribution in [0.3, 0.4) is 0 Å². The predicted octanol–water partition coefficient (Wildman–Crippen LogP) is 3.80. The summed E-state index contributed by atoms with van der Waals surface area (Å²) in [5.74, 6) is 0.828. The van der Waals surface area contributed by atoms with Crippen LogP contribution in [-0.2, 0) is 6.61 Å². The van der Waals surface area contributed by atoms with E-state index in [-0.39, 0.29) is 0 Å². The lowest BCUT2D eigenvalue weighted by Gasteiger charge is -2.07. The molecular formula is C17H17NO2. The zero-order chi connectivity index (χ0) is 13.9. The Balaban J connectivity index is 1.87. The maximum atomic E-state index is 9.65. The standard InChI is InChI=1S/C17H17NO2/c1-12(19)16-10-14-15(18-16)8-5-9-17(14)20-11-13-6-3-2-4-7-13/h2-10,12,18-19H,11H2,1H3. The van der Waals surface area contributed by atoms with Crippen LogP contribution in [0.5, 0.6) is 5.75 Å².